The highest BCUT2D eigenvalue weighted by Crippen LogP contribution is 2.30. The van der Waals surface area contributed by atoms with E-state index in [0.717, 1.165) is 15.9 Å². The molecule has 18 heavy (non-hydrogen) atoms. The summed E-state index contributed by atoms with van der Waals surface area (Å²) in [4.78, 5) is 3.94. The Balaban J connectivity index is 2.28. The monoisotopic (exact) mass is 348 g/mol. The van der Waals surface area contributed by atoms with Crippen LogP contribution < -0.4 is 10.1 Å². The van der Waals surface area contributed by atoms with Gasteiger partial charge in [0.15, 0.2) is 11.0 Å². The standard InChI is InChI=1S/C10H7BrCl2N4O/c1-18-7-3-2-5(4-6(7)11)14-9-8(12)16-17-10(13)15-9/h2-4H,1H3,(H,14,15,17). The van der Waals surface area contributed by atoms with Gasteiger partial charge in [0.2, 0.25) is 5.28 Å². The van der Waals surface area contributed by atoms with Crippen LogP contribution in [0.25, 0.3) is 0 Å². The summed E-state index contributed by atoms with van der Waals surface area (Å²) in [6.45, 7) is 0. The summed E-state index contributed by atoms with van der Waals surface area (Å²) in [6, 6.07) is 5.44. The second-order valence-electron chi connectivity index (χ2n) is 3.19. The Bertz CT molecular complexity index is 582. The van der Waals surface area contributed by atoms with E-state index in [9.17, 15) is 0 Å². The van der Waals surface area contributed by atoms with E-state index in [-0.39, 0.29) is 10.4 Å². The van der Waals surface area contributed by atoms with Gasteiger partial charge >= 0.3 is 0 Å². The molecule has 1 aromatic carbocycles. The molecule has 1 N–H and O–H groups in total. The van der Waals surface area contributed by atoms with Crippen molar-refractivity contribution in [3.63, 3.8) is 0 Å². The zero-order chi connectivity index (χ0) is 13.1. The summed E-state index contributed by atoms with van der Waals surface area (Å²) in [6.07, 6.45) is 0. The Morgan fingerprint density at radius 1 is 1.28 bits per heavy atom. The first-order valence-electron chi connectivity index (χ1n) is 4.76. The summed E-state index contributed by atoms with van der Waals surface area (Å²) >= 11 is 14.9. The van der Waals surface area contributed by atoms with Crippen LogP contribution in [-0.4, -0.2) is 22.3 Å². The van der Waals surface area contributed by atoms with Gasteiger partial charge in [0, 0.05) is 5.69 Å². The molecule has 0 radical (unpaired) electrons. The van der Waals surface area contributed by atoms with Crippen molar-refractivity contribution in [1.82, 2.24) is 15.2 Å². The Hall–Kier alpha value is -1.11. The van der Waals surface area contributed by atoms with Gasteiger partial charge in [-0.2, -0.15) is 4.98 Å². The fourth-order valence-electron chi connectivity index (χ4n) is 1.25. The molecule has 0 bridgehead atoms. The van der Waals surface area contributed by atoms with Crippen LogP contribution >= 0.6 is 39.1 Å². The highest BCUT2D eigenvalue weighted by molar-refractivity contribution is 9.10. The van der Waals surface area contributed by atoms with Gasteiger partial charge in [-0.25, -0.2) is 0 Å². The van der Waals surface area contributed by atoms with E-state index in [2.05, 4.69) is 36.4 Å². The molecule has 5 nitrogen and oxygen atoms in total. The normalized spacial score (nSPS) is 10.2. The second-order valence-corrected chi connectivity index (χ2v) is 4.74. The molecule has 0 saturated carbocycles. The highest BCUT2D eigenvalue weighted by Gasteiger charge is 2.08. The number of aromatic nitrogens is 3. The Morgan fingerprint density at radius 2 is 2.06 bits per heavy atom. The molecule has 0 aliphatic carbocycles. The van der Waals surface area contributed by atoms with Crippen molar-refractivity contribution in [3.05, 3.63) is 33.1 Å². The molecular formula is C10H7BrCl2N4O. The average Bonchev–Trinajstić information content (AvgIpc) is 2.34. The van der Waals surface area contributed by atoms with Crippen molar-refractivity contribution in [3.8, 4) is 5.75 Å². The van der Waals surface area contributed by atoms with E-state index in [0.29, 0.717) is 5.82 Å². The van der Waals surface area contributed by atoms with Crippen LogP contribution in [0.2, 0.25) is 10.4 Å². The van der Waals surface area contributed by atoms with Gasteiger partial charge in [0.1, 0.15) is 5.75 Å². The van der Waals surface area contributed by atoms with E-state index in [1.54, 1.807) is 13.2 Å². The first-order chi connectivity index (χ1) is 8.60. The maximum atomic E-state index is 5.85. The molecular weight excluding hydrogens is 343 g/mol. The van der Waals surface area contributed by atoms with Crippen LogP contribution in [0.5, 0.6) is 5.75 Å². The number of anilines is 2. The van der Waals surface area contributed by atoms with Crippen LogP contribution in [-0.2, 0) is 0 Å². The van der Waals surface area contributed by atoms with E-state index < -0.39 is 0 Å². The van der Waals surface area contributed by atoms with Gasteiger partial charge in [0.25, 0.3) is 0 Å². The quantitative estimate of drug-likeness (QED) is 0.915. The lowest BCUT2D eigenvalue weighted by molar-refractivity contribution is 0.412. The van der Waals surface area contributed by atoms with Gasteiger partial charge in [-0.05, 0) is 45.7 Å². The first kappa shape index (κ1) is 13.3. The van der Waals surface area contributed by atoms with Crippen LogP contribution in [0, 0.1) is 0 Å². The van der Waals surface area contributed by atoms with Crippen LogP contribution in [0.3, 0.4) is 0 Å². The predicted octanol–water partition coefficient (Wildman–Crippen LogP) is 3.69. The third-order valence-corrected chi connectivity index (χ3v) is 3.07. The van der Waals surface area contributed by atoms with Crippen LogP contribution in [0.1, 0.15) is 0 Å². The molecule has 2 aromatic rings. The molecule has 0 aliphatic rings. The van der Waals surface area contributed by atoms with Gasteiger partial charge in [-0.1, -0.05) is 11.6 Å². The summed E-state index contributed by atoms with van der Waals surface area (Å²) in [5, 5.41) is 10.3. The zero-order valence-corrected chi connectivity index (χ0v) is 12.2. The molecule has 0 unspecified atom stereocenters. The molecule has 0 aliphatic heterocycles. The minimum Gasteiger partial charge on any atom is -0.496 e. The van der Waals surface area contributed by atoms with Crippen molar-refractivity contribution in [1.29, 1.82) is 0 Å². The lowest BCUT2D eigenvalue weighted by Gasteiger charge is -2.08. The molecule has 0 spiro atoms. The molecule has 94 valence electrons. The highest BCUT2D eigenvalue weighted by atomic mass is 79.9. The van der Waals surface area contributed by atoms with E-state index in [4.69, 9.17) is 27.9 Å². The molecule has 1 aromatic heterocycles. The average molecular weight is 350 g/mol. The minimum absolute atomic E-state index is 0.0227. The lowest BCUT2D eigenvalue weighted by Crippen LogP contribution is -1.99. The van der Waals surface area contributed by atoms with E-state index >= 15 is 0 Å². The predicted molar refractivity (Wildman–Crippen MR) is 73.8 cm³/mol. The van der Waals surface area contributed by atoms with Crippen molar-refractivity contribution in [2.75, 3.05) is 12.4 Å². The van der Waals surface area contributed by atoms with Crippen molar-refractivity contribution in [2.24, 2.45) is 0 Å². The number of halogens is 3. The van der Waals surface area contributed by atoms with Crippen LogP contribution in [0.15, 0.2) is 22.7 Å². The van der Waals surface area contributed by atoms with E-state index in [1.807, 2.05) is 12.1 Å². The number of benzene rings is 1. The minimum atomic E-state index is 0.0227. The number of nitrogens with one attached hydrogen (secondary N) is 1. The van der Waals surface area contributed by atoms with E-state index in [1.165, 1.54) is 0 Å². The maximum absolute atomic E-state index is 5.85. The lowest BCUT2D eigenvalue weighted by atomic mass is 10.3. The second kappa shape index (κ2) is 5.69. The van der Waals surface area contributed by atoms with Crippen LogP contribution in [0.4, 0.5) is 11.5 Å². The molecule has 1 heterocycles. The number of rotatable bonds is 3. The Labute approximate surface area is 122 Å². The fraction of sp³-hybridized carbons (Fsp3) is 0.100. The summed E-state index contributed by atoms with van der Waals surface area (Å²) in [5.74, 6) is 1.07. The topological polar surface area (TPSA) is 59.9 Å². The van der Waals surface area contributed by atoms with Gasteiger partial charge < -0.3 is 10.1 Å². The van der Waals surface area contributed by atoms with Crippen molar-refractivity contribution >= 4 is 50.6 Å². The largest absolute Gasteiger partial charge is 0.496 e. The molecule has 0 fully saturated rings. The number of methoxy groups -OCH3 is 1. The number of ether oxygens (including phenoxy) is 1. The number of nitrogens with zero attached hydrogens (tertiary/aromatic N) is 3. The molecule has 2 rings (SSSR count). The third-order valence-electron chi connectivity index (χ3n) is 2.03. The van der Waals surface area contributed by atoms with Gasteiger partial charge in [0.05, 0.1) is 11.6 Å². The summed E-state index contributed by atoms with van der Waals surface area (Å²) in [5.41, 5.74) is 0.765. The Kier molecular flexibility index (Phi) is 4.21. The molecule has 0 amide bonds. The Morgan fingerprint density at radius 3 is 2.72 bits per heavy atom. The molecule has 8 heteroatoms. The van der Waals surface area contributed by atoms with Gasteiger partial charge in [-0.3, -0.25) is 0 Å². The number of hydrogen-bond acceptors (Lipinski definition) is 5. The fourth-order valence-corrected chi connectivity index (χ4v) is 2.04. The van der Waals surface area contributed by atoms with Gasteiger partial charge in [-0.15, -0.1) is 10.2 Å². The smallest absolute Gasteiger partial charge is 0.245 e. The first-order valence-corrected chi connectivity index (χ1v) is 6.31. The zero-order valence-electron chi connectivity index (χ0n) is 9.12. The molecule has 0 atom stereocenters. The molecule has 0 saturated heterocycles. The maximum Gasteiger partial charge on any atom is 0.245 e. The number of hydrogen-bond donors (Lipinski definition) is 1. The summed E-state index contributed by atoms with van der Waals surface area (Å²) in [7, 11) is 1.60. The van der Waals surface area contributed by atoms with Crippen molar-refractivity contribution < 1.29 is 4.74 Å². The SMILES string of the molecule is COc1ccc(Nc2nc(Cl)nnc2Cl)cc1Br. The van der Waals surface area contributed by atoms with Crippen molar-refractivity contribution in [2.45, 2.75) is 0 Å². The third kappa shape index (κ3) is 3.01. The summed E-state index contributed by atoms with van der Waals surface area (Å²) < 4.78 is 5.94.